The monoisotopic (exact) mass is 366 g/mol. The molecule has 0 saturated carbocycles. The Kier molecular flexibility index (Phi) is 5.14. The predicted molar refractivity (Wildman–Crippen MR) is 88.6 cm³/mol. The standard InChI is InChI=1S/C17H12F2O5S/c18-17(19,25-24-23-21)16(20)22-10-13-6-3-5-12-9-8-11-4-1-2-7-14(11)15(12)13/h1-9,21H,10H2. The molecule has 3 rings (SSSR count). The predicted octanol–water partition coefficient (Wildman–Crippen LogP) is 4.70. The van der Waals surface area contributed by atoms with Crippen molar-refractivity contribution in [1.29, 1.82) is 0 Å². The molecule has 0 aliphatic carbocycles. The number of benzene rings is 3. The molecule has 0 atom stereocenters. The molecular weight excluding hydrogens is 354 g/mol. The molecule has 0 aromatic heterocycles. The van der Waals surface area contributed by atoms with Gasteiger partial charge in [0.25, 0.3) is 0 Å². The molecule has 0 aliphatic heterocycles. The van der Waals surface area contributed by atoms with Crippen molar-refractivity contribution < 1.29 is 32.9 Å². The molecule has 0 aliphatic rings. The number of esters is 1. The van der Waals surface area contributed by atoms with Crippen molar-refractivity contribution in [3.8, 4) is 0 Å². The fourth-order valence-corrected chi connectivity index (χ4v) is 2.82. The summed E-state index contributed by atoms with van der Waals surface area (Å²) in [6.07, 6.45) is 0. The Balaban J connectivity index is 1.89. The Bertz CT molecular complexity index is 916. The Labute approximate surface area is 145 Å². The summed E-state index contributed by atoms with van der Waals surface area (Å²) < 4.78 is 35.2. The van der Waals surface area contributed by atoms with Gasteiger partial charge in [0.05, 0.1) is 0 Å². The fourth-order valence-electron chi connectivity index (χ4n) is 2.58. The van der Waals surface area contributed by atoms with Gasteiger partial charge in [0.2, 0.25) is 0 Å². The third kappa shape index (κ3) is 3.72. The highest BCUT2D eigenvalue weighted by Gasteiger charge is 2.44. The van der Waals surface area contributed by atoms with Crippen molar-refractivity contribution in [2.24, 2.45) is 0 Å². The Morgan fingerprint density at radius 1 is 1.04 bits per heavy atom. The molecule has 5 nitrogen and oxygen atoms in total. The molecule has 1 N–H and O–H groups in total. The first-order valence-corrected chi connectivity index (χ1v) is 7.87. The van der Waals surface area contributed by atoms with Gasteiger partial charge in [0, 0.05) is 0 Å². The molecule has 25 heavy (non-hydrogen) atoms. The van der Waals surface area contributed by atoms with Crippen LogP contribution in [0.5, 0.6) is 0 Å². The number of hydrogen-bond acceptors (Lipinski definition) is 6. The first kappa shape index (κ1) is 17.6. The van der Waals surface area contributed by atoms with Crippen molar-refractivity contribution in [3.63, 3.8) is 0 Å². The minimum Gasteiger partial charge on any atom is -0.456 e. The first-order valence-electron chi connectivity index (χ1n) is 7.13. The van der Waals surface area contributed by atoms with Gasteiger partial charge in [-0.2, -0.15) is 8.78 Å². The summed E-state index contributed by atoms with van der Waals surface area (Å²) in [7, 11) is 0. The van der Waals surface area contributed by atoms with E-state index in [-0.39, 0.29) is 6.61 Å². The topological polar surface area (TPSA) is 65.0 Å². The van der Waals surface area contributed by atoms with Gasteiger partial charge in [-0.3, -0.25) is 0 Å². The fraction of sp³-hybridized carbons (Fsp3) is 0.118. The molecule has 3 aromatic carbocycles. The molecule has 0 amide bonds. The third-order valence-corrected chi connectivity index (χ3v) is 4.13. The van der Waals surface area contributed by atoms with Crippen molar-refractivity contribution in [1.82, 2.24) is 0 Å². The summed E-state index contributed by atoms with van der Waals surface area (Å²) in [5.41, 5.74) is 0.600. The first-order chi connectivity index (χ1) is 12.0. The maximum absolute atomic E-state index is 13.4. The molecule has 0 spiro atoms. The summed E-state index contributed by atoms with van der Waals surface area (Å²) in [6.45, 7) is -0.333. The number of carbonyl (C=O) groups excluding carboxylic acids is 1. The number of alkyl halides is 2. The minimum atomic E-state index is -4.02. The molecule has 0 bridgehead atoms. The zero-order chi connectivity index (χ0) is 17.9. The van der Waals surface area contributed by atoms with Crippen LogP contribution in [0.15, 0.2) is 54.6 Å². The van der Waals surface area contributed by atoms with Gasteiger partial charge in [0.1, 0.15) is 18.6 Å². The lowest BCUT2D eigenvalue weighted by molar-refractivity contribution is -0.433. The summed E-state index contributed by atoms with van der Waals surface area (Å²) >= 11 is -0.652. The van der Waals surface area contributed by atoms with E-state index in [0.29, 0.717) is 5.56 Å². The Morgan fingerprint density at radius 3 is 2.56 bits per heavy atom. The zero-order valence-corrected chi connectivity index (χ0v) is 13.5. The molecule has 0 fully saturated rings. The van der Waals surface area contributed by atoms with E-state index in [0.717, 1.165) is 21.5 Å². The van der Waals surface area contributed by atoms with Gasteiger partial charge in [-0.25, -0.2) is 10.1 Å². The number of carbonyl (C=O) groups is 1. The average Bonchev–Trinajstić information content (AvgIpc) is 2.64. The normalized spacial score (nSPS) is 11.8. The number of ether oxygens (including phenoxy) is 1. The molecule has 0 unspecified atom stereocenters. The van der Waals surface area contributed by atoms with Crippen molar-refractivity contribution in [2.75, 3.05) is 0 Å². The quantitative estimate of drug-likeness (QED) is 0.224. The Morgan fingerprint density at radius 2 is 1.76 bits per heavy atom. The summed E-state index contributed by atoms with van der Waals surface area (Å²) in [4.78, 5) is 11.5. The van der Waals surface area contributed by atoms with E-state index in [2.05, 4.69) is 9.37 Å². The average molecular weight is 366 g/mol. The van der Waals surface area contributed by atoms with E-state index < -0.39 is 23.3 Å². The molecule has 130 valence electrons. The van der Waals surface area contributed by atoms with Crippen LogP contribution in [0.1, 0.15) is 5.56 Å². The van der Waals surface area contributed by atoms with Crippen LogP contribution >= 0.6 is 12.0 Å². The van der Waals surface area contributed by atoms with Crippen LogP contribution in [-0.4, -0.2) is 16.5 Å². The van der Waals surface area contributed by atoms with Gasteiger partial charge in [-0.05, 0) is 27.1 Å². The summed E-state index contributed by atoms with van der Waals surface area (Å²) in [6, 6.07) is 16.9. The van der Waals surface area contributed by atoms with Crippen LogP contribution in [0.3, 0.4) is 0 Å². The van der Waals surface area contributed by atoms with Crippen LogP contribution in [0, 0.1) is 0 Å². The maximum atomic E-state index is 13.4. The third-order valence-electron chi connectivity index (χ3n) is 3.62. The molecular formula is C17H12F2O5S. The lowest BCUT2D eigenvalue weighted by Crippen LogP contribution is -2.27. The molecule has 3 aromatic rings. The smallest absolute Gasteiger partial charge is 0.415 e. The minimum absolute atomic E-state index is 0.333. The van der Waals surface area contributed by atoms with Gasteiger partial charge in [-0.15, -0.1) is 4.33 Å². The van der Waals surface area contributed by atoms with E-state index in [1.807, 2.05) is 42.5 Å². The highest BCUT2D eigenvalue weighted by molar-refractivity contribution is 7.96. The van der Waals surface area contributed by atoms with E-state index in [9.17, 15) is 13.6 Å². The SMILES string of the molecule is O=C(OCc1cccc2ccc3ccccc3c12)C(F)(F)SOOO. The highest BCUT2D eigenvalue weighted by atomic mass is 32.2. The van der Waals surface area contributed by atoms with E-state index in [1.54, 1.807) is 12.1 Å². The van der Waals surface area contributed by atoms with E-state index >= 15 is 0 Å². The molecule has 0 radical (unpaired) electrons. The number of rotatable bonds is 6. The lowest BCUT2D eigenvalue weighted by atomic mass is 9.98. The van der Waals surface area contributed by atoms with Gasteiger partial charge < -0.3 is 4.74 Å². The van der Waals surface area contributed by atoms with Gasteiger partial charge >= 0.3 is 11.2 Å². The van der Waals surface area contributed by atoms with Crippen molar-refractivity contribution >= 4 is 39.6 Å². The summed E-state index contributed by atoms with van der Waals surface area (Å²) in [5, 5.41) is 10.6. The zero-order valence-electron chi connectivity index (χ0n) is 12.6. The van der Waals surface area contributed by atoms with Crippen molar-refractivity contribution in [2.45, 2.75) is 11.9 Å². The highest BCUT2D eigenvalue weighted by Crippen LogP contribution is 2.33. The van der Waals surface area contributed by atoms with E-state index in [1.165, 1.54) is 0 Å². The van der Waals surface area contributed by atoms with Crippen LogP contribution < -0.4 is 0 Å². The maximum Gasteiger partial charge on any atom is 0.415 e. The number of halogens is 2. The number of hydrogen-bond donors (Lipinski definition) is 1. The molecule has 0 heterocycles. The van der Waals surface area contributed by atoms with Crippen LogP contribution in [0.25, 0.3) is 21.5 Å². The largest absolute Gasteiger partial charge is 0.456 e. The van der Waals surface area contributed by atoms with Crippen LogP contribution in [0.2, 0.25) is 0 Å². The number of fused-ring (bicyclic) bond motifs is 3. The van der Waals surface area contributed by atoms with E-state index in [4.69, 9.17) is 9.99 Å². The van der Waals surface area contributed by atoms with Crippen LogP contribution in [-0.2, 0) is 25.5 Å². The van der Waals surface area contributed by atoms with Gasteiger partial charge in [0.15, 0.2) is 0 Å². The second-order valence-corrected chi connectivity index (χ2v) is 5.94. The second-order valence-electron chi connectivity index (χ2n) is 5.12. The Hall–Kier alpha value is -2.26. The van der Waals surface area contributed by atoms with Gasteiger partial charge in [-0.1, -0.05) is 59.6 Å². The lowest BCUT2D eigenvalue weighted by Gasteiger charge is -2.14. The molecule has 8 heteroatoms. The van der Waals surface area contributed by atoms with Crippen molar-refractivity contribution in [3.05, 3.63) is 60.2 Å². The summed E-state index contributed by atoms with van der Waals surface area (Å²) in [5.74, 6) is -1.80. The molecule has 0 saturated heterocycles. The second kappa shape index (κ2) is 7.32. The van der Waals surface area contributed by atoms with Crippen LogP contribution in [0.4, 0.5) is 8.78 Å².